The van der Waals surface area contributed by atoms with Gasteiger partial charge in [0.1, 0.15) is 5.75 Å². The van der Waals surface area contributed by atoms with Crippen molar-refractivity contribution in [2.45, 2.75) is 39.0 Å². The summed E-state index contributed by atoms with van der Waals surface area (Å²) in [5, 5.41) is 13.9. The predicted molar refractivity (Wildman–Crippen MR) is 108 cm³/mol. The lowest BCUT2D eigenvalue weighted by atomic mass is 10.0. The van der Waals surface area contributed by atoms with Gasteiger partial charge < -0.3 is 4.74 Å². The van der Waals surface area contributed by atoms with E-state index < -0.39 is 0 Å². The lowest BCUT2D eigenvalue weighted by Gasteiger charge is -2.12. The first-order chi connectivity index (χ1) is 13.5. The maximum Gasteiger partial charge on any atom is 0.217 e. The standard InChI is InChI=1S/C23H24N4O/c1-15(2)10-16-8-9-25-21(11-16)19-7-4-17(14-24)12-22(19)28-23-13-20(18-5-6-18)26-27(23)3/h4,7-9,11-13,15,18H,5-6,10H2,1-3H3. The third-order valence-corrected chi connectivity index (χ3v) is 4.92. The second-order valence-electron chi connectivity index (χ2n) is 7.88. The summed E-state index contributed by atoms with van der Waals surface area (Å²) in [7, 11) is 1.89. The molecule has 5 heteroatoms. The molecule has 1 fully saturated rings. The van der Waals surface area contributed by atoms with Crippen molar-refractivity contribution in [3.8, 4) is 29.0 Å². The molecule has 2 aromatic heterocycles. The average molecular weight is 372 g/mol. The van der Waals surface area contributed by atoms with Crippen molar-refractivity contribution in [2.24, 2.45) is 13.0 Å². The molecular weight excluding hydrogens is 348 g/mol. The maximum absolute atomic E-state index is 9.33. The van der Waals surface area contributed by atoms with E-state index in [1.807, 2.05) is 25.4 Å². The van der Waals surface area contributed by atoms with Gasteiger partial charge in [-0.2, -0.15) is 10.4 Å². The van der Waals surface area contributed by atoms with Gasteiger partial charge in [-0.1, -0.05) is 13.8 Å². The minimum absolute atomic E-state index is 0.557. The van der Waals surface area contributed by atoms with Crippen LogP contribution in [-0.2, 0) is 13.5 Å². The molecule has 0 spiro atoms. The van der Waals surface area contributed by atoms with Gasteiger partial charge in [0.2, 0.25) is 5.88 Å². The van der Waals surface area contributed by atoms with Gasteiger partial charge in [0.15, 0.2) is 0 Å². The Labute approximate surface area is 165 Å². The van der Waals surface area contributed by atoms with Gasteiger partial charge in [0.25, 0.3) is 0 Å². The van der Waals surface area contributed by atoms with Crippen LogP contribution in [0.15, 0.2) is 42.6 Å². The lowest BCUT2D eigenvalue weighted by molar-refractivity contribution is 0.431. The summed E-state index contributed by atoms with van der Waals surface area (Å²) in [4.78, 5) is 4.56. The predicted octanol–water partition coefficient (Wildman–Crippen LogP) is 5.22. The molecule has 0 bridgehead atoms. The average Bonchev–Trinajstić information content (AvgIpc) is 3.46. The summed E-state index contributed by atoms with van der Waals surface area (Å²) in [6, 6.07) is 13.8. The lowest BCUT2D eigenvalue weighted by Crippen LogP contribution is -1.99. The zero-order chi connectivity index (χ0) is 19.7. The molecule has 1 aromatic carbocycles. The first-order valence-electron chi connectivity index (χ1n) is 9.74. The fourth-order valence-corrected chi connectivity index (χ4v) is 3.37. The largest absolute Gasteiger partial charge is 0.439 e. The summed E-state index contributed by atoms with van der Waals surface area (Å²) in [5.74, 6) is 2.43. The van der Waals surface area contributed by atoms with E-state index in [-0.39, 0.29) is 0 Å². The highest BCUT2D eigenvalue weighted by atomic mass is 16.5. The van der Waals surface area contributed by atoms with Crippen molar-refractivity contribution in [1.29, 1.82) is 5.26 Å². The molecule has 1 aliphatic rings. The number of aryl methyl sites for hydroxylation is 1. The minimum Gasteiger partial charge on any atom is -0.439 e. The van der Waals surface area contributed by atoms with Crippen LogP contribution in [-0.4, -0.2) is 14.8 Å². The topological polar surface area (TPSA) is 63.7 Å². The smallest absolute Gasteiger partial charge is 0.217 e. The van der Waals surface area contributed by atoms with Crippen LogP contribution >= 0.6 is 0 Å². The van der Waals surface area contributed by atoms with E-state index >= 15 is 0 Å². The van der Waals surface area contributed by atoms with Crippen LogP contribution in [0.2, 0.25) is 0 Å². The van der Waals surface area contributed by atoms with E-state index in [0.29, 0.717) is 29.0 Å². The Bertz CT molecular complexity index is 1040. The van der Waals surface area contributed by atoms with Crippen LogP contribution in [0.4, 0.5) is 0 Å². The third kappa shape index (κ3) is 3.91. The van der Waals surface area contributed by atoms with Crippen molar-refractivity contribution in [1.82, 2.24) is 14.8 Å². The Morgan fingerprint density at radius 2 is 2.04 bits per heavy atom. The minimum atomic E-state index is 0.557. The molecule has 28 heavy (non-hydrogen) atoms. The fraction of sp³-hybridized carbons (Fsp3) is 0.348. The Morgan fingerprint density at radius 3 is 2.75 bits per heavy atom. The number of pyridine rings is 1. The monoisotopic (exact) mass is 372 g/mol. The quantitative estimate of drug-likeness (QED) is 0.595. The molecule has 0 radical (unpaired) electrons. The summed E-state index contributed by atoms with van der Waals surface area (Å²) < 4.78 is 7.99. The number of ether oxygens (including phenoxy) is 1. The summed E-state index contributed by atoms with van der Waals surface area (Å²) in [5.41, 5.74) is 4.60. The van der Waals surface area contributed by atoms with Gasteiger partial charge in [-0.15, -0.1) is 0 Å². The molecule has 0 saturated heterocycles. The number of hydrogen-bond acceptors (Lipinski definition) is 4. The molecule has 5 nitrogen and oxygen atoms in total. The van der Waals surface area contributed by atoms with Gasteiger partial charge in [0, 0.05) is 30.8 Å². The second-order valence-corrected chi connectivity index (χ2v) is 7.88. The highest BCUT2D eigenvalue weighted by Crippen LogP contribution is 2.41. The first kappa shape index (κ1) is 18.2. The molecule has 0 atom stereocenters. The van der Waals surface area contributed by atoms with Crippen molar-refractivity contribution >= 4 is 0 Å². The fourth-order valence-electron chi connectivity index (χ4n) is 3.37. The molecule has 142 valence electrons. The van der Waals surface area contributed by atoms with E-state index in [1.165, 1.54) is 18.4 Å². The van der Waals surface area contributed by atoms with E-state index in [1.54, 1.807) is 16.8 Å². The normalized spacial score (nSPS) is 13.5. The Morgan fingerprint density at radius 1 is 1.21 bits per heavy atom. The van der Waals surface area contributed by atoms with Crippen LogP contribution in [0.5, 0.6) is 11.6 Å². The van der Waals surface area contributed by atoms with Gasteiger partial charge in [-0.05, 0) is 61.1 Å². The van der Waals surface area contributed by atoms with Crippen LogP contribution in [0, 0.1) is 17.2 Å². The van der Waals surface area contributed by atoms with Gasteiger partial charge in [-0.3, -0.25) is 4.98 Å². The van der Waals surface area contributed by atoms with E-state index in [2.05, 4.69) is 42.1 Å². The molecule has 0 aliphatic heterocycles. The number of rotatable bonds is 6. The highest BCUT2D eigenvalue weighted by molar-refractivity contribution is 5.69. The second kappa shape index (κ2) is 7.47. The molecule has 0 unspecified atom stereocenters. The van der Waals surface area contributed by atoms with Crippen molar-refractivity contribution in [3.05, 3.63) is 59.4 Å². The van der Waals surface area contributed by atoms with E-state index in [9.17, 15) is 5.26 Å². The highest BCUT2D eigenvalue weighted by Gasteiger charge is 2.27. The Kier molecular flexibility index (Phi) is 4.87. The van der Waals surface area contributed by atoms with Crippen LogP contribution in [0.25, 0.3) is 11.3 Å². The molecule has 0 N–H and O–H groups in total. The molecular formula is C23H24N4O. The van der Waals surface area contributed by atoms with Crippen LogP contribution < -0.4 is 4.74 Å². The first-order valence-corrected chi connectivity index (χ1v) is 9.74. The SMILES string of the molecule is CC(C)Cc1ccnc(-c2ccc(C#N)cc2Oc2cc(C3CC3)nn2C)c1. The zero-order valence-electron chi connectivity index (χ0n) is 16.5. The number of nitriles is 1. The van der Waals surface area contributed by atoms with Gasteiger partial charge in [-0.25, -0.2) is 4.68 Å². The Hall–Kier alpha value is -3.13. The van der Waals surface area contributed by atoms with Crippen molar-refractivity contribution < 1.29 is 4.74 Å². The summed E-state index contributed by atoms with van der Waals surface area (Å²) >= 11 is 0. The summed E-state index contributed by atoms with van der Waals surface area (Å²) in [6.07, 6.45) is 5.22. The molecule has 0 amide bonds. The zero-order valence-corrected chi connectivity index (χ0v) is 16.5. The number of aromatic nitrogens is 3. The molecule has 3 aromatic rings. The maximum atomic E-state index is 9.33. The molecule has 2 heterocycles. The van der Waals surface area contributed by atoms with E-state index in [0.717, 1.165) is 23.4 Å². The van der Waals surface area contributed by atoms with Crippen LogP contribution in [0.1, 0.15) is 49.4 Å². The van der Waals surface area contributed by atoms with Crippen LogP contribution in [0.3, 0.4) is 0 Å². The number of nitrogens with zero attached hydrogens (tertiary/aromatic N) is 4. The molecule has 4 rings (SSSR count). The third-order valence-electron chi connectivity index (χ3n) is 4.92. The summed E-state index contributed by atoms with van der Waals surface area (Å²) in [6.45, 7) is 4.41. The molecule has 1 saturated carbocycles. The van der Waals surface area contributed by atoms with Crippen molar-refractivity contribution in [3.63, 3.8) is 0 Å². The Balaban J connectivity index is 1.71. The molecule has 1 aliphatic carbocycles. The number of hydrogen-bond donors (Lipinski definition) is 0. The van der Waals surface area contributed by atoms with E-state index in [4.69, 9.17) is 4.74 Å². The van der Waals surface area contributed by atoms with Gasteiger partial charge in [0.05, 0.1) is 23.0 Å². The number of benzene rings is 1. The van der Waals surface area contributed by atoms with Crippen molar-refractivity contribution in [2.75, 3.05) is 0 Å². The van der Waals surface area contributed by atoms with Gasteiger partial charge >= 0.3 is 0 Å².